The van der Waals surface area contributed by atoms with Crippen LogP contribution in [0.3, 0.4) is 0 Å². The Bertz CT molecular complexity index is 264. The molecule has 0 bridgehead atoms. The van der Waals surface area contributed by atoms with E-state index in [1.165, 1.54) is 6.07 Å². The fourth-order valence-corrected chi connectivity index (χ4v) is 0.983. The van der Waals surface area contributed by atoms with Crippen molar-refractivity contribution in [2.45, 2.75) is 6.04 Å². The van der Waals surface area contributed by atoms with Crippen LogP contribution in [0.1, 0.15) is 11.6 Å². The monoisotopic (exact) mass is 244 g/mol. The minimum atomic E-state index is -0.772. The van der Waals surface area contributed by atoms with Crippen molar-refractivity contribution >= 4 is 24.8 Å². The van der Waals surface area contributed by atoms with Gasteiger partial charge in [-0.15, -0.1) is 24.8 Å². The molecule has 0 aliphatic heterocycles. The van der Waals surface area contributed by atoms with Crippen molar-refractivity contribution in [3.63, 3.8) is 0 Å². The molecule has 14 heavy (non-hydrogen) atoms. The van der Waals surface area contributed by atoms with E-state index >= 15 is 0 Å². The third kappa shape index (κ3) is 3.38. The van der Waals surface area contributed by atoms with E-state index in [1.54, 1.807) is 0 Å². The molecule has 0 aliphatic carbocycles. The highest BCUT2D eigenvalue weighted by Gasteiger charge is 2.14. The first kappa shape index (κ1) is 16.0. The molecule has 1 atom stereocenters. The maximum atomic E-state index is 12.9. The van der Waals surface area contributed by atoms with Crippen molar-refractivity contribution in [2.24, 2.45) is 11.5 Å². The Morgan fingerprint density at radius 3 is 1.93 bits per heavy atom. The van der Waals surface area contributed by atoms with Crippen LogP contribution in [-0.2, 0) is 0 Å². The number of halogens is 4. The molecule has 1 unspecified atom stereocenters. The van der Waals surface area contributed by atoms with Crippen LogP contribution >= 0.6 is 24.8 Å². The number of rotatable bonds is 2. The van der Waals surface area contributed by atoms with Gasteiger partial charge in [-0.2, -0.15) is 0 Å². The van der Waals surface area contributed by atoms with Gasteiger partial charge in [0.2, 0.25) is 0 Å². The lowest BCUT2D eigenvalue weighted by molar-refractivity contribution is 0.528. The maximum Gasteiger partial charge on any atom is 0.130 e. The second-order valence-corrected chi connectivity index (χ2v) is 2.48. The molecule has 0 radical (unpaired) electrons. The minimum absolute atomic E-state index is 0. The van der Waals surface area contributed by atoms with E-state index < -0.39 is 17.7 Å². The molecule has 1 aromatic rings. The molecule has 0 aliphatic rings. The highest BCUT2D eigenvalue weighted by molar-refractivity contribution is 5.85. The van der Waals surface area contributed by atoms with Gasteiger partial charge in [0.05, 0.1) is 0 Å². The van der Waals surface area contributed by atoms with E-state index in [4.69, 9.17) is 11.5 Å². The zero-order chi connectivity index (χ0) is 9.14. The quantitative estimate of drug-likeness (QED) is 0.834. The summed E-state index contributed by atoms with van der Waals surface area (Å²) in [5, 5.41) is 0. The molecule has 0 spiro atoms. The van der Waals surface area contributed by atoms with Gasteiger partial charge < -0.3 is 11.5 Å². The highest BCUT2D eigenvalue weighted by Crippen LogP contribution is 2.17. The van der Waals surface area contributed by atoms with E-state index in [1.807, 2.05) is 0 Å². The minimum Gasteiger partial charge on any atom is -0.329 e. The molecular weight excluding hydrogens is 233 g/mol. The SMILES string of the molecule is Cl.Cl.NCC(N)c1c(F)cccc1F. The summed E-state index contributed by atoms with van der Waals surface area (Å²) >= 11 is 0. The van der Waals surface area contributed by atoms with E-state index in [9.17, 15) is 8.78 Å². The van der Waals surface area contributed by atoms with Gasteiger partial charge in [0.1, 0.15) is 11.6 Å². The summed E-state index contributed by atoms with van der Waals surface area (Å²) in [6, 6.07) is 2.84. The molecule has 0 heterocycles. The Hall–Kier alpha value is -0.420. The summed E-state index contributed by atoms with van der Waals surface area (Å²) in [6.45, 7) is 0.0256. The van der Waals surface area contributed by atoms with Crippen molar-refractivity contribution in [3.8, 4) is 0 Å². The maximum absolute atomic E-state index is 12.9. The highest BCUT2D eigenvalue weighted by atomic mass is 35.5. The number of nitrogens with two attached hydrogens (primary N) is 2. The van der Waals surface area contributed by atoms with Gasteiger partial charge in [0.15, 0.2) is 0 Å². The van der Waals surface area contributed by atoms with E-state index in [0.29, 0.717) is 0 Å². The average Bonchev–Trinajstić information content (AvgIpc) is 2.03. The summed E-state index contributed by atoms with van der Waals surface area (Å²) < 4.78 is 25.8. The van der Waals surface area contributed by atoms with Gasteiger partial charge in [0, 0.05) is 18.2 Å². The molecule has 1 rings (SSSR count). The first-order chi connectivity index (χ1) is 5.66. The first-order valence-electron chi connectivity index (χ1n) is 3.56. The first-order valence-corrected chi connectivity index (χ1v) is 3.56. The normalized spacial score (nSPS) is 11.1. The van der Waals surface area contributed by atoms with Crippen molar-refractivity contribution in [3.05, 3.63) is 35.4 Å². The Kier molecular flexibility index (Phi) is 7.96. The lowest BCUT2D eigenvalue weighted by atomic mass is 10.1. The fourth-order valence-electron chi connectivity index (χ4n) is 0.983. The van der Waals surface area contributed by atoms with Crippen LogP contribution in [0.5, 0.6) is 0 Å². The van der Waals surface area contributed by atoms with E-state index in [0.717, 1.165) is 12.1 Å². The Morgan fingerprint density at radius 1 is 1.14 bits per heavy atom. The van der Waals surface area contributed by atoms with Crippen LogP contribution in [0, 0.1) is 11.6 Å². The molecule has 82 valence electrons. The van der Waals surface area contributed by atoms with Gasteiger partial charge in [0.25, 0.3) is 0 Å². The lowest BCUT2D eigenvalue weighted by Crippen LogP contribution is -2.23. The number of hydrogen-bond donors (Lipinski definition) is 2. The van der Waals surface area contributed by atoms with Crippen LogP contribution in [-0.4, -0.2) is 6.54 Å². The smallest absolute Gasteiger partial charge is 0.130 e. The largest absolute Gasteiger partial charge is 0.329 e. The predicted molar refractivity (Wildman–Crippen MR) is 56.8 cm³/mol. The molecule has 6 heteroatoms. The second kappa shape index (κ2) is 6.95. The van der Waals surface area contributed by atoms with Crippen molar-refractivity contribution in [2.75, 3.05) is 6.54 Å². The zero-order valence-corrected chi connectivity index (χ0v) is 8.88. The van der Waals surface area contributed by atoms with Crippen LogP contribution < -0.4 is 11.5 Å². The standard InChI is InChI=1S/C8H10F2N2.2ClH/c9-5-2-1-3-6(10)8(5)7(12)4-11;;/h1-3,7H,4,11-12H2;2*1H. The number of benzene rings is 1. The molecule has 0 aromatic heterocycles. The number of hydrogen-bond acceptors (Lipinski definition) is 2. The zero-order valence-electron chi connectivity index (χ0n) is 7.24. The Labute approximate surface area is 93.5 Å². The van der Waals surface area contributed by atoms with Crippen LogP contribution in [0.25, 0.3) is 0 Å². The molecule has 1 aromatic carbocycles. The van der Waals surface area contributed by atoms with Crippen molar-refractivity contribution in [1.82, 2.24) is 0 Å². The molecule has 0 saturated carbocycles. The summed E-state index contributed by atoms with van der Waals surface area (Å²) in [5.41, 5.74) is 10.4. The molecule has 4 N–H and O–H groups in total. The van der Waals surface area contributed by atoms with Gasteiger partial charge in [-0.05, 0) is 12.1 Å². The topological polar surface area (TPSA) is 52.0 Å². The van der Waals surface area contributed by atoms with E-state index in [-0.39, 0.29) is 36.9 Å². The molecule has 0 amide bonds. The van der Waals surface area contributed by atoms with E-state index in [2.05, 4.69) is 0 Å². The van der Waals surface area contributed by atoms with Gasteiger partial charge in [-0.25, -0.2) is 8.78 Å². The van der Waals surface area contributed by atoms with Crippen LogP contribution in [0.15, 0.2) is 18.2 Å². The van der Waals surface area contributed by atoms with Gasteiger partial charge >= 0.3 is 0 Å². The third-order valence-corrected chi connectivity index (χ3v) is 1.62. The summed E-state index contributed by atoms with van der Waals surface area (Å²) in [5.74, 6) is -1.29. The summed E-state index contributed by atoms with van der Waals surface area (Å²) in [4.78, 5) is 0. The summed E-state index contributed by atoms with van der Waals surface area (Å²) in [6.07, 6.45) is 0. The molecular formula is C8H12Cl2F2N2. The third-order valence-electron chi connectivity index (χ3n) is 1.62. The summed E-state index contributed by atoms with van der Waals surface area (Å²) in [7, 11) is 0. The van der Waals surface area contributed by atoms with Crippen molar-refractivity contribution in [1.29, 1.82) is 0 Å². The second-order valence-electron chi connectivity index (χ2n) is 2.48. The molecule has 0 fully saturated rings. The van der Waals surface area contributed by atoms with Crippen LogP contribution in [0.2, 0.25) is 0 Å². The van der Waals surface area contributed by atoms with Gasteiger partial charge in [-0.3, -0.25) is 0 Å². The lowest BCUT2D eigenvalue weighted by Gasteiger charge is -2.10. The van der Waals surface area contributed by atoms with Gasteiger partial charge in [-0.1, -0.05) is 6.07 Å². The fraction of sp³-hybridized carbons (Fsp3) is 0.250. The Balaban J connectivity index is 0. The Morgan fingerprint density at radius 2 is 1.57 bits per heavy atom. The average molecular weight is 245 g/mol. The van der Waals surface area contributed by atoms with Crippen LogP contribution in [0.4, 0.5) is 8.78 Å². The predicted octanol–water partition coefficient (Wildman–Crippen LogP) is 1.77. The molecule has 0 saturated heterocycles. The molecule has 2 nitrogen and oxygen atoms in total. The van der Waals surface area contributed by atoms with Crippen molar-refractivity contribution < 1.29 is 8.78 Å².